The lowest BCUT2D eigenvalue weighted by molar-refractivity contribution is 0.191. The molecule has 0 aliphatic heterocycles. The van der Waals surface area contributed by atoms with Crippen LogP contribution in [0, 0.1) is 0 Å². The summed E-state index contributed by atoms with van der Waals surface area (Å²) in [4.78, 5) is 11.0. The highest BCUT2D eigenvalue weighted by molar-refractivity contribution is 5.39. The molecule has 88 valence electrons. The van der Waals surface area contributed by atoms with Crippen molar-refractivity contribution in [2.45, 2.75) is 6.10 Å². The van der Waals surface area contributed by atoms with Crippen LogP contribution >= 0.6 is 0 Å². The first-order chi connectivity index (χ1) is 8.25. The summed E-state index contributed by atoms with van der Waals surface area (Å²) in [5.74, 6) is 0. The van der Waals surface area contributed by atoms with E-state index in [0.29, 0.717) is 12.2 Å². The summed E-state index contributed by atoms with van der Waals surface area (Å²) in [6, 6.07) is 10.7. The third-order valence-electron chi connectivity index (χ3n) is 2.35. The molecule has 2 rings (SSSR count). The number of aromatic amines is 1. The Morgan fingerprint density at radius 1 is 1.35 bits per heavy atom. The van der Waals surface area contributed by atoms with Gasteiger partial charge in [0.05, 0.1) is 18.0 Å². The van der Waals surface area contributed by atoms with Crippen LogP contribution in [0.25, 0.3) is 0 Å². The molecule has 0 fully saturated rings. The highest BCUT2D eigenvalue weighted by Gasteiger charge is 2.06. The fraction of sp³-hybridized carbons (Fsp3) is 0.167. The summed E-state index contributed by atoms with van der Waals surface area (Å²) >= 11 is 0. The van der Waals surface area contributed by atoms with Crippen molar-refractivity contribution in [2.75, 3.05) is 11.9 Å². The van der Waals surface area contributed by atoms with Gasteiger partial charge in [-0.25, -0.2) is 5.10 Å². The molecule has 2 aromatic rings. The Hall–Kier alpha value is -2.14. The predicted molar refractivity (Wildman–Crippen MR) is 64.7 cm³/mol. The smallest absolute Gasteiger partial charge is 0.266 e. The van der Waals surface area contributed by atoms with Crippen molar-refractivity contribution in [2.24, 2.45) is 0 Å². The Balaban J connectivity index is 1.97. The molecule has 0 radical (unpaired) electrons. The molecule has 0 aliphatic carbocycles. The van der Waals surface area contributed by atoms with Crippen molar-refractivity contribution < 1.29 is 5.11 Å². The molecule has 0 spiro atoms. The number of nitrogens with zero attached hydrogens (tertiary/aromatic N) is 1. The first-order valence-corrected chi connectivity index (χ1v) is 5.27. The van der Waals surface area contributed by atoms with E-state index in [1.165, 1.54) is 12.3 Å². The number of nitrogens with one attached hydrogen (secondary N) is 2. The van der Waals surface area contributed by atoms with Crippen LogP contribution in [-0.2, 0) is 0 Å². The summed E-state index contributed by atoms with van der Waals surface area (Å²) in [5.41, 5.74) is 1.14. The highest BCUT2D eigenvalue weighted by Crippen LogP contribution is 2.12. The summed E-state index contributed by atoms with van der Waals surface area (Å²) in [6.45, 7) is 0.329. The van der Waals surface area contributed by atoms with Crippen molar-refractivity contribution in [3.05, 3.63) is 58.5 Å². The van der Waals surface area contributed by atoms with Crippen molar-refractivity contribution >= 4 is 5.69 Å². The van der Waals surface area contributed by atoms with E-state index in [-0.39, 0.29) is 5.56 Å². The van der Waals surface area contributed by atoms with Gasteiger partial charge in [0, 0.05) is 12.6 Å². The summed E-state index contributed by atoms with van der Waals surface area (Å²) in [5, 5.41) is 18.8. The van der Waals surface area contributed by atoms with Gasteiger partial charge in [-0.15, -0.1) is 0 Å². The molecular weight excluding hydrogens is 218 g/mol. The topological polar surface area (TPSA) is 78.0 Å². The second kappa shape index (κ2) is 5.27. The molecule has 5 heteroatoms. The molecular formula is C12H13N3O2. The summed E-state index contributed by atoms with van der Waals surface area (Å²) in [6.07, 6.45) is 0.884. The van der Waals surface area contributed by atoms with Gasteiger partial charge in [-0.05, 0) is 5.56 Å². The van der Waals surface area contributed by atoms with Crippen LogP contribution in [0.15, 0.2) is 47.4 Å². The summed E-state index contributed by atoms with van der Waals surface area (Å²) in [7, 11) is 0. The Morgan fingerprint density at radius 2 is 2.12 bits per heavy atom. The van der Waals surface area contributed by atoms with Crippen molar-refractivity contribution in [3.8, 4) is 0 Å². The minimum absolute atomic E-state index is 0.274. The van der Waals surface area contributed by atoms with E-state index in [1.54, 1.807) is 0 Å². The fourth-order valence-corrected chi connectivity index (χ4v) is 1.48. The van der Waals surface area contributed by atoms with E-state index in [0.717, 1.165) is 5.56 Å². The molecule has 0 saturated carbocycles. The van der Waals surface area contributed by atoms with E-state index in [2.05, 4.69) is 15.5 Å². The van der Waals surface area contributed by atoms with Gasteiger partial charge in [-0.3, -0.25) is 4.79 Å². The first-order valence-electron chi connectivity index (χ1n) is 5.27. The molecule has 5 nitrogen and oxygen atoms in total. The van der Waals surface area contributed by atoms with Gasteiger partial charge in [-0.1, -0.05) is 30.3 Å². The highest BCUT2D eigenvalue weighted by atomic mass is 16.3. The zero-order valence-electron chi connectivity index (χ0n) is 9.13. The maximum atomic E-state index is 11.0. The maximum Gasteiger partial charge on any atom is 0.266 e. The number of hydrogen-bond acceptors (Lipinski definition) is 4. The third kappa shape index (κ3) is 3.15. The average Bonchev–Trinajstić information content (AvgIpc) is 2.37. The number of aliphatic hydroxyl groups excluding tert-OH is 1. The van der Waals surface area contributed by atoms with Crippen LogP contribution in [0.4, 0.5) is 5.69 Å². The minimum Gasteiger partial charge on any atom is -0.387 e. The van der Waals surface area contributed by atoms with Gasteiger partial charge in [0.25, 0.3) is 5.56 Å². The van der Waals surface area contributed by atoms with Crippen LogP contribution in [0.5, 0.6) is 0 Å². The standard InChI is InChI=1S/C12H13N3O2/c16-11(9-4-2-1-3-5-9)8-13-10-6-12(17)15-14-7-10/h1-7,11,16H,8H2,(H2,13,15,17). The van der Waals surface area contributed by atoms with E-state index in [4.69, 9.17) is 0 Å². The third-order valence-corrected chi connectivity index (χ3v) is 2.35. The number of anilines is 1. The molecule has 0 bridgehead atoms. The molecule has 3 N–H and O–H groups in total. The van der Waals surface area contributed by atoms with Gasteiger partial charge in [0.1, 0.15) is 0 Å². The number of aliphatic hydroxyl groups is 1. The van der Waals surface area contributed by atoms with Crippen LogP contribution in [-0.4, -0.2) is 21.8 Å². The molecule has 1 atom stereocenters. The van der Waals surface area contributed by atoms with Crippen LogP contribution in [0.3, 0.4) is 0 Å². The Labute approximate surface area is 98.1 Å². The Morgan fingerprint density at radius 3 is 2.82 bits per heavy atom. The monoisotopic (exact) mass is 231 g/mol. The van der Waals surface area contributed by atoms with Gasteiger partial charge < -0.3 is 10.4 Å². The van der Waals surface area contributed by atoms with Crippen molar-refractivity contribution in [3.63, 3.8) is 0 Å². The lowest BCUT2D eigenvalue weighted by atomic mass is 10.1. The Kier molecular flexibility index (Phi) is 3.52. The molecule has 1 unspecified atom stereocenters. The minimum atomic E-state index is -0.615. The van der Waals surface area contributed by atoms with E-state index < -0.39 is 6.10 Å². The van der Waals surface area contributed by atoms with Gasteiger partial charge in [0.2, 0.25) is 0 Å². The predicted octanol–water partition coefficient (Wildman–Crippen LogP) is 0.915. The number of aromatic nitrogens is 2. The van der Waals surface area contributed by atoms with Gasteiger partial charge in [-0.2, -0.15) is 5.10 Å². The first kappa shape index (κ1) is 11.3. The molecule has 0 aliphatic rings. The van der Waals surface area contributed by atoms with Crippen molar-refractivity contribution in [1.29, 1.82) is 0 Å². The largest absolute Gasteiger partial charge is 0.387 e. The Bertz CT molecular complexity index is 525. The second-order valence-electron chi connectivity index (χ2n) is 3.64. The van der Waals surface area contributed by atoms with Crippen LogP contribution in [0.2, 0.25) is 0 Å². The van der Waals surface area contributed by atoms with E-state index >= 15 is 0 Å². The molecule has 0 saturated heterocycles. The van der Waals surface area contributed by atoms with Crippen LogP contribution in [0.1, 0.15) is 11.7 Å². The van der Waals surface area contributed by atoms with Crippen molar-refractivity contribution in [1.82, 2.24) is 10.2 Å². The zero-order valence-corrected chi connectivity index (χ0v) is 9.13. The normalized spacial score (nSPS) is 12.1. The number of benzene rings is 1. The second-order valence-corrected chi connectivity index (χ2v) is 3.64. The zero-order chi connectivity index (χ0) is 12.1. The molecule has 1 heterocycles. The lowest BCUT2D eigenvalue weighted by Crippen LogP contribution is -2.14. The number of H-pyrrole nitrogens is 1. The SMILES string of the molecule is O=c1cc(NCC(O)c2ccccc2)cn[nH]1. The average molecular weight is 231 g/mol. The number of rotatable bonds is 4. The van der Waals surface area contributed by atoms with E-state index in [9.17, 15) is 9.90 Å². The fourth-order valence-electron chi connectivity index (χ4n) is 1.48. The molecule has 1 aromatic carbocycles. The molecule has 1 aromatic heterocycles. The lowest BCUT2D eigenvalue weighted by Gasteiger charge is -2.12. The number of hydrogen-bond donors (Lipinski definition) is 3. The molecule has 0 amide bonds. The van der Waals surface area contributed by atoms with Gasteiger partial charge in [0.15, 0.2) is 0 Å². The van der Waals surface area contributed by atoms with Crippen LogP contribution < -0.4 is 10.9 Å². The molecule has 17 heavy (non-hydrogen) atoms. The quantitative estimate of drug-likeness (QED) is 0.731. The van der Waals surface area contributed by atoms with E-state index in [1.807, 2.05) is 30.3 Å². The van der Waals surface area contributed by atoms with Gasteiger partial charge >= 0.3 is 0 Å². The maximum absolute atomic E-state index is 11.0. The summed E-state index contributed by atoms with van der Waals surface area (Å²) < 4.78 is 0.